The van der Waals surface area contributed by atoms with Crippen LogP contribution < -0.4 is 4.90 Å². The highest BCUT2D eigenvalue weighted by Crippen LogP contribution is 2.42. The lowest BCUT2D eigenvalue weighted by Gasteiger charge is -2.32. The first-order valence-electron chi connectivity index (χ1n) is 9.28. The Kier molecular flexibility index (Phi) is 4.68. The molecule has 2 aromatic carbocycles. The van der Waals surface area contributed by atoms with Crippen molar-refractivity contribution in [1.82, 2.24) is 0 Å². The molecule has 0 bridgehead atoms. The van der Waals surface area contributed by atoms with Gasteiger partial charge in [-0.2, -0.15) is 13.2 Å². The Balaban J connectivity index is 1.74. The highest BCUT2D eigenvalue weighted by atomic mass is 19.4. The fourth-order valence-corrected chi connectivity index (χ4v) is 3.82. The minimum Gasteiger partial charge on any atom is -0.456 e. The Hall–Kier alpha value is -3.09. The van der Waals surface area contributed by atoms with E-state index in [1.165, 1.54) is 17.0 Å². The standard InChI is InChI=1S/C22H18F3NO3/c1-2-13-3-5-14(6-4-13)17-11-19(27)26(18-12-29-21(28)20(17)18)16-9-7-15(8-10-16)22(23,24)25/h3-10,17H,2,11-12H2,1H3. The third kappa shape index (κ3) is 3.41. The molecular weight excluding hydrogens is 383 g/mol. The molecule has 0 aromatic heterocycles. The van der Waals surface area contributed by atoms with Gasteiger partial charge in [-0.15, -0.1) is 0 Å². The van der Waals surface area contributed by atoms with E-state index in [2.05, 4.69) is 0 Å². The summed E-state index contributed by atoms with van der Waals surface area (Å²) in [4.78, 5) is 26.7. The molecule has 0 saturated heterocycles. The van der Waals surface area contributed by atoms with Crippen molar-refractivity contribution in [3.8, 4) is 0 Å². The van der Waals surface area contributed by atoms with Gasteiger partial charge < -0.3 is 4.74 Å². The number of aryl methyl sites for hydroxylation is 1. The Bertz CT molecular complexity index is 991. The number of nitrogens with zero attached hydrogens (tertiary/aromatic N) is 1. The molecule has 2 aliphatic rings. The molecular formula is C22H18F3NO3. The molecule has 29 heavy (non-hydrogen) atoms. The van der Waals surface area contributed by atoms with Crippen LogP contribution in [0.5, 0.6) is 0 Å². The maximum Gasteiger partial charge on any atom is 0.416 e. The number of carbonyl (C=O) groups excluding carboxylic acids is 2. The van der Waals surface area contributed by atoms with E-state index in [1.807, 2.05) is 31.2 Å². The van der Waals surface area contributed by atoms with Crippen LogP contribution in [0.2, 0.25) is 0 Å². The number of hydrogen-bond acceptors (Lipinski definition) is 3. The van der Waals surface area contributed by atoms with Crippen molar-refractivity contribution < 1.29 is 27.5 Å². The lowest BCUT2D eigenvalue weighted by Crippen LogP contribution is -2.37. The Morgan fingerprint density at radius 1 is 1.03 bits per heavy atom. The lowest BCUT2D eigenvalue weighted by molar-refractivity contribution is -0.138. The number of alkyl halides is 3. The van der Waals surface area contributed by atoms with Crippen LogP contribution in [0.1, 0.15) is 36.0 Å². The summed E-state index contributed by atoms with van der Waals surface area (Å²) in [5.74, 6) is -1.20. The third-order valence-corrected chi connectivity index (χ3v) is 5.36. The Morgan fingerprint density at radius 3 is 2.28 bits per heavy atom. The van der Waals surface area contributed by atoms with Crippen LogP contribution >= 0.6 is 0 Å². The zero-order valence-corrected chi connectivity index (χ0v) is 15.6. The quantitative estimate of drug-likeness (QED) is 0.707. The summed E-state index contributed by atoms with van der Waals surface area (Å²) in [6.45, 7) is 1.96. The molecule has 2 aliphatic heterocycles. The van der Waals surface area contributed by atoms with E-state index in [0.29, 0.717) is 11.3 Å². The summed E-state index contributed by atoms with van der Waals surface area (Å²) >= 11 is 0. The largest absolute Gasteiger partial charge is 0.456 e. The van der Waals surface area contributed by atoms with E-state index in [-0.39, 0.29) is 24.6 Å². The number of halogens is 3. The van der Waals surface area contributed by atoms with Crippen molar-refractivity contribution in [1.29, 1.82) is 0 Å². The summed E-state index contributed by atoms with van der Waals surface area (Å²) in [6.07, 6.45) is -3.54. The molecule has 150 valence electrons. The van der Waals surface area contributed by atoms with E-state index in [1.54, 1.807) is 0 Å². The maximum absolute atomic E-state index is 12.9. The number of hydrogen-bond donors (Lipinski definition) is 0. The molecule has 4 rings (SSSR count). The van der Waals surface area contributed by atoms with Crippen molar-refractivity contribution in [2.45, 2.75) is 31.9 Å². The average molecular weight is 401 g/mol. The molecule has 0 radical (unpaired) electrons. The topological polar surface area (TPSA) is 46.6 Å². The van der Waals surface area contributed by atoms with Gasteiger partial charge in [0.05, 0.1) is 16.8 Å². The number of rotatable bonds is 3. The van der Waals surface area contributed by atoms with Gasteiger partial charge in [-0.25, -0.2) is 4.79 Å². The highest BCUT2D eigenvalue weighted by molar-refractivity contribution is 6.06. The second-order valence-corrected chi connectivity index (χ2v) is 7.06. The van der Waals surface area contributed by atoms with E-state index in [4.69, 9.17) is 4.74 Å². The molecule has 2 aromatic rings. The summed E-state index contributed by atoms with van der Waals surface area (Å²) in [7, 11) is 0. The second-order valence-electron chi connectivity index (χ2n) is 7.06. The number of ether oxygens (including phenoxy) is 1. The number of amides is 1. The van der Waals surface area contributed by atoms with Gasteiger partial charge in [0.2, 0.25) is 5.91 Å². The fourth-order valence-electron chi connectivity index (χ4n) is 3.82. The van der Waals surface area contributed by atoms with Gasteiger partial charge in [-0.1, -0.05) is 31.2 Å². The van der Waals surface area contributed by atoms with Crippen molar-refractivity contribution in [2.75, 3.05) is 11.5 Å². The van der Waals surface area contributed by atoms with Gasteiger partial charge in [0, 0.05) is 18.0 Å². The number of carbonyl (C=O) groups is 2. The zero-order valence-electron chi connectivity index (χ0n) is 15.6. The second kappa shape index (κ2) is 7.06. The van der Waals surface area contributed by atoms with Gasteiger partial charge >= 0.3 is 12.1 Å². The van der Waals surface area contributed by atoms with E-state index in [0.717, 1.165) is 29.7 Å². The van der Waals surface area contributed by atoms with Gasteiger partial charge in [0.1, 0.15) is 6.61 Å². The minimum atomic E-state index is -4.46. The monoisotopic (exact) mass is 401 g/mol. The first-order chi connectivity index (χ1) is 13.8. The van der Waals surface area contributed by atoms with E-state index >= 15 is 0 Å². The molecule has 0 spiro atoms. The minimum absolute atomic E-state index is 0.0421. The van der Waals surface area contributed by atoms with Crippen LogP contribution in [0, 0.1) is 0 Å². The Morgan fingerprint density at radius 2 is 1.69 bits per heavy atom. The van der Waals surface area contributed by atoms with E-state index in [9.17, 15) is 22.8 Å². The number of cyclic esters (lactones) is 1. The molecule has 0 saturated carbocycles. The normalized spacial score (nSPS) is 19.4. The molecule has 0 fully saturated rings. The highest BCUT2D eigenvalue weighted by Gasteiger charge is 2.43. The van der Waals surface area contributed by atoms with Crippen molar-refractivity contribution in [2.24, 2.45) is 0 Å². The van der Waals surface area contributed by atoms with Gasteiger partial charge in [0.25, 0.3) is 0 Å². The summed E-state index contributed by atoms with van der Waals surface area (Å²) in [5, 5.41) is 0. The fraction of sp³-hybridized carbons (Fsp3) is 0.273. The molecule has 0 N–H and O–H groups in total. The lowest BCUT2D eigenvalue weighted by atomic mass is 9.83. The summed E-state index contributed by atoms with van der Waals surface area (Å²) < 4.78 is 43.7. The molecule has 2 heterocycles. The molecule has 1 amide bonds. The van der Waals surface area contributed by atoms with Crippen LogP contribution in [0.15, 0.2) is 59.8 Å². The van der Waals surface area contributed by atoms with Crippen molar-refractivity contribution in [3.05, 3.63) is 76.5 Å². The number of benzene rings is 2. The van der Waals surface area contributed by atoms with Crippen LogP contribution in [-0.4, -0.2) is 18.5 Å². The number of anilines is 1. The first-order valence-corrected chi connectivity index (χ1v) is 9.28. The van der Waals surface area contributed by atoms with Crippen molar-refractivity contribution in [3.63, 3.8) is 0 Å². The Labute approximate surface area is 165 Å². The molecule has 1 atom stereocenters. The van der Waals surface area contributed by atoms with Crippen LogP contribution in [0.25, 0.3) is 0 Å². The summed E-state index contributed by atoms with van der Waals surface area (Å²) in [6, 6.07) is 12.1. The molecule has 7 heteroatoms. The molecule has 1 unspecified atom stereocenters. The zero-order chi connectivity index (χ0) is 20.8. The average Bonchev–Trinajstić information content (AvgIpc) is 3.08. The van der Waals surface area contributed by atoms with Crippen LogP contribution in [0.4, 0.5) is 18.9 Å². The van der Waals surface area contributed by atoms with Gasteiger partial charge in [-0.3, -0.25) is 9.69 Å². The van der Waals surface area contributed by atoms with Gasteiger partial charge in [-0.05, 0) is 41.8 Å². The predicted octanol–water partition coefficient (Wildman–Crippen LogP) is 4.60. The van der Waals surface area contributed by atoms with Gasteiger partial charge in [0.15, 0.2) is 0 Å². The predicted molar refractivity (Wildman–Crippen MR) is 100 cm³/mol. The van der Waals surface area contributed by atoms with E-state index < -0.39 is 23.6 Å². The van der Waals surface area contributed by atoms with Crippen LogP contribution in [-0.2, 0) is 26.9 Å². The molecule has 4 nitrogen and oxygen atoms in total. The van der Waals surface area contributed by atoms with Crippen LogP contribution in [0.3, 0.4) is 0 Å². The number of esters is 1. The smallest absolute Gasteiger partial charge is 0.416 e. The SMILES string of the molecule is CCc1ccc(C2CC(=O)N(c3ccc(C(F)(F)F)cc3)C3=C2C(=O)OC3)cc1. The van der Waals surface area contributed by atoms with Crippen molar-refractivity contribution >= 4 is 17.6 Å². The third-order valence-electron chi connectivity index (χ3n) is 5.36. The first kappa shape index (κ1) is 19.2. The summed E-state index contributed by atoms with van der Waals surface area (Å²) in [5.41, 5.74) is 2.27. The maximum atomic E-state index is 12.9. The molecule has 0 aliphatic carbocycles.